The van der Waals surface area contributed by atoms with Crippen LogP contribution in [0, 0.1) is 6.92 Å². The van der Waals surface area contributed by atoms with Crippen molar-refractivity contribution in [3.05, 3.63) is 65.7 Å². The normalized spacial score (nSPS) is 20.6. The SMILES string of the molecule is CCCC[C@]1(c2ccccc2)NC(=S)N(c2ccc(C)cc2)N1. The number of thiocarbonyl (C=S) groups is 1. The maximum Gasteiger partial charge on any atom is 0.190 e. The molecule has 2 aromatic carbocycles. The summed E-state index contributed by atoms with van der Waals surface area (Å²) in [5.74, 6) is 0. The first-order chi connectivity index (χ1) is 11.1. The third kappa shape index (κ3) is 3.23. The second-order valence-corrected chi connectivity index (χ2v) is 6.47. The molecule has 4 heteroatoms. The van der Waals surface area contributed by atoms with Crippen LogP contribution in [-0.4, -0.2) is 5.11 Å². The van der Waals surface area contributed by atoms with E-state index in [0.29, 0.717) is 5.11 Å². The molecule has 0 bridgehead atoms. The van der Waals surface area contributed by atoms with Gasteiger partial charge in [0.2, 0.25) is 0 Å². The fraction of sp³-hybridized carbons (Fsp3) is 0.316. The van der Waals surface area contributed by atoms with E-state index in [1.165, 1.54) is 11.1 Å². The molecule has 1 heterocycles. The highest BCUT2D eigenvalue weighted by atomic mass is 32.1. The van der Waals surface area contributed by atoms with Gasteiger partial charge in [0.15, 0.2) is 5.11 Å². The molecule has 1 aliphatic heterocycles. The summed E-state index contributed by atoms with van der Waals surface area (Å²) >= 11 is 5.61. The number of hydrazine groups is 1. The van der Waals surface area contributed by atoms with Crippen molar-refractivity contribution in [3.8, 4) is 0 Å². The van der Waals surface area contributed by atoms with Gasteiger partial charge in [-0.15, -0.1) is 0 Å². The largest absolute Gasteiger partial charge is 0.338 e. The average molecular weight is 325 g/mol. The number of nitrogens with one attached hydrogen (secondary N) is 2. The van der Waals surface area contributed by atoms with E-state index in [1.54, 1.807) is 0 Å². The van der Waals surface area contributed by atoms with Crippen LogP contribution in [0.5, 0.6) is 0 Å². The maximum atomic E-state index is 5.61. The molecule has 23 heavy (non-hydrogen) atoms. The summed E-state index contributed by atoms with van der Waals surface area (Å²) in [4.78, 5) is 0. The van der Waals surface area contributed by atoms with Crippen LogP contribution >= 0.6 is 12.2 Å². The van der Waals surface area contributed by atoms with Crippen LogP contribution in [-0.2, 0) is 5.66 Å². The average Bonchev–Trinajstić information content (AvgIpc) is 2.92. The minimum Gasteiger partial charge on any atom is -0.338 e. The van der Waals surface area contributed by atoms with Gasteiger partial charge in [-0.1, -0.05) is 61.4 Å². The Hall–Kier alpha value is -1.91. The van der Waals surface area contributed by atoms with E-state index in [4.69, 9.17) is 12.2 Å². The third-order valence-corrected chi connectivity index (χ3v) is 4.57. The van der Waals surface area contributed by atoms with Crippen molar-refractivity contribution in [2.75, 3.05) is 5.01 Å². The number of anilines is 1. The van der Waals surface area contributed by atoms with Gasteiger partial charge in [0, 0.05) is 0 Å². The zero-order valence-electron chi connectivity index (χ0n) is 13.7. The minimum atomic E-state index is -0.334. The number of hydrogen-bond acceptors (Lipinski definition) is 2. The smallest absolute Gasteiger partial charge is 0.190 e. The fourth-order valence-electron chi connectivity index (χ4n) is 2.95. The Morgan fingerprint density at radius 1 is 1.04 bits per heavy atom. The van der Waals surface area contributed by atoms with Crippen LogP contribution in [0.3, 0.4) is 0 Å². The lowest BCUT2D eigenvalue weighted by Gasteiger charge is -2.30. The lowest BCUT2D eigenvalue weighted by atomic mass is 9.94. The van der Waals surface area contributed by atoms with E-state index in [1.807, 2.05) is 11.1 Å². The highest BCUT2D eigenvalue weighted by Gasteiger charge is 2.41. The van der Waals surface area contributed by atoms with Crippen LogP contribution < -0.4 is 15.8 Å². The van der Waals surface area contributed by atoms with Crippen molar-refractivity contribution < 1.29 is 0 Å². The summed E-state index contributed by atoms with van der Waals surface area (Å²) in [6.07, 6.45) is 3.25. The second-order valence-electron chi connectivity index (χ2n) is 6.09. The van der Waals surface area contributed by atoms with Gasteiger partial charge < -0.3 is 5.32 Å². The lowest BCUT2D eigenvalue weighted by Crippen LogP contribution is -2.48. The molecular weight excluding hydrogens is 302 g/mol. The Balaban J connectivity index is 1.93. The van der Waals surface area contributed by atoms with Crippen LogP contribution in [0.25, 0.3) is 0 Å². The second kappa shape index (κ2) is 6.69. The van der Waals surface area contributed by atoms with E-state index in [-0.39, 0.29) is 5.66 Å². The van der Waals surface area contributed by atoms with Gasteiger partial charge in [-0.2, -0.15) is 5.43 Å². The molecule has 120 valence electrons. The van der Waals surface area contributed by atoms with Crippen LogP contribution in [0.2, 0.25) is 0 Å². The molecule has 1 saturated heterocycles. The van der Waals surface area contributed by atoms with E-state index in [0.717, 1.165) is 24.9 Å². The lowest BCUT2D eigenvalue weighted by molar-refractivity contribution is 0.313. The van der Waals surface area contributed by atoms with E-state index < -0.39 is 0 Å². The molecule has 3 rings (SSSR count). The van der Waals surface area contributed by atoms with E-state index in [9.17, 15) is 0 Å². The Labute approximate surface area is 143 Å². The number of aryl methyl sites for hydroxylation is 1. The van der Waals surface area contributed by atoms with Crippen molar-refractivity contribution >= 4 is 23.0 Å². The Morgan fingerprint density at radius 2 is 1.74 bits per heavy atom. The summed E-state index contributed by atoms with van der Waals surface area (Å²) < 4.78 is 0. The monoisotopic (exact) mass is 325 g/mol. The number of nitrogens with zero attached hydrogens (tertiary/aromatic N) is 1. The van der Waals surface area contributed by atoms with Crippen molar-refractivity contribution in [1.82, 2.24) is 10.7 Å². The predicted octanol–water partition coefficient (Wildman–Crippen LogP) is 4.24. The van der Waals surface area contributed by atoms with Gasteiger partial charge in [-0.25, -0.2) is 5.01 Å². The number of unbranched alkanes of at least 4 members (excludes halogenated alkanes) is 1. The molecule has 0 amide bonds. The summed E-state index contributed by atoms with van der Waals surface area (Å²) in [6.45, 7) is 4.30. The molecular formula is C19H23N3S. The van der Waals surface area contributed by atoms with E-state index >= 15 is 0 Å². The standard InChI is InChI=1S/C19H23N3S/c1-3-4-14-19(16-8-6-5-7-9-16)20-18(23)22(21-19)17-12-10-15(2)11-13-17/h5-13,21H,3-4,14H2,1-2H3,(H,20,23)/t19-/m0/s1. The van der Waals surface area contributed by atoms with Crippen LogP contribution in [0.1, 0.15) is 37.3 Å². The molecule has 2 aromatic rings. The molecule has 3 nitrogen and oxygen atoms in total. The quantitative estimate of drug-likeness (QED) is 0.804. The maximum absolute atomic E-state index is 5.61. The molecule has 0 spiro atoms. The van der Waals surface area contributed by atoms with Gasteiger partial charge in [-0.3, -0.25) is 0 Å². The van der Waals surface area contributed by atoms with Gasteiger partial charge in [0.05, 0.1) is 5.69 Å². The highest BCUT2D eigenvalue weighted by molar-refractivity contribution is 7.80. The molecule has 0 aromatic heterocycles. The predicted molar refractivity (Wildman–Crippen MR) is 100 cm³/mol. The first-order valence-electron chi connectivity index (χ1n) is 8.17. The molecule has 0 radical (unpaired) electrons. The Kier molecular flexibility index (Phi) is 4.64. The fourth-order valence-corrected chi connectivity index (χ4v) is 3.27. The van der Waals surface area contributed by atoms with Gasteiger partial charge in [0.25, 0.3) is 0 Å². The summed E-state index contributed by atoms with van der Waals surface area (Å²) in [5.41, 5.74) is 6.80. The topological polar surface area (TPSA) is 27.3 Å². The Bertz CT molecular complexity index is 669. The minimum absolute atomic E-state index is 0.334. The van der Waals surface area contributed by atoms with E-state index in [2.05, 4.69) is 73.1 Å². The van der Waals surface area contributed by atoms with Crippen molar-refractivity contribution in [1.29, 1.82) is 0 Å². The Morgan fingerprint density at radius 3 is 2.39 bits per heavy atom. The summed E-state index contributed by atoms with van der Waals surface area (Å²) in [5, 5.41) is 6.23. The molecule has 1 atom stereocenters. The zero-order valence-corrected chi connectivity index (χ0v) is 14.5. The van der Waals surface area contributed by atoms with Gasteiger partial charge >= 0.3 is 0 Å². The molecule has 0 aliphatic carbocycles. The van der Waals surface area contributed by atoms with Crippen molar-refractivity contribution in [3.63, 3.8) is 0 Å². The van der Waals surface area contributed by atoms with Crippen LogP contribution in [0.15, 0.2) is 54.6 Å². The van der Waals surface area contributed by atoms with Gasteiger partial charge in [-0.05, 0) is 49.7 Å². The third-order valence-electron chi connectivity index (χ3n) is 4.29. The first kappa shape index (κ1) is 16.0. The van der Waals surface area contributed by atoms with Crippen molar-refractivity contribution in [2.45, 2.75) is 38.8 Å². The molecule has 2 N–H and O–H groups in total. The first-order valence-corrected chi connectivity index (χ1v) is 8.58. The summed E-state index contributed by atoms with van der Waals surface area (Å²) in [6, 6.07) is 18.9. The van der Waals surface area contributed by atoms with Crippen LogP contribution in [0.4, 0.5) is 5.69 Å². The molecule has 1 fully saturated rings. The van der Waals surface area contributed by atoms with Crippen molar-refractivity contribution in [2.24, 2.45) is 0 Å². The molecule has 1 aliphatic rings. The zero-order chi connectivity index (χ0) is 16.3. The summed E-state index contributed by atoms with van der Waals surface area (Å²) in [7, 11) is 0. The molecule has 0 unspecified atom stereocenters. The molecule has 0 saturated carbocycles. The number of benzene rings is 2. The highest BCUT2D eigenvalue weighted by Crippen LogP contribution is 2.31. The number of rotatable bonds is 5. The van der Waals surface area contributed by atoms with Gasteiger partial charge in [0.1, 0.15) is 5.66 Å². The number of hydrogen-bond donors (Lipinski definition) is 2.